The van der Waals surface area contributed by atoms with Crippen molar-refractivity contribution in [2.75, 3.05) is 6.61 Å². The Balaban J connectivity index is 2.26. The molecule has 2 aromatic rings. The molecule has 1 heterocycles. The monoisotopic (exact) mass is 270 g/mol. The van der Waals surface area contributed by atoms with Crippen molar-refractivity contribution in [3.63, 3.8) is 0 Å². The van der Waals surface area contributed by atoms with Crippen LogP contribution < -0.4 is 10.5 Å². The van der Waals surface area contributed by atoms with Gasteiger partial charge in [-0.1, -0.05) is 32.0 Å². The fraction of sp³-hybridized carbons (Fsp3) is 0.353. The van der Waals surface area contributed by atoms with E-state index in [4.69, 9.17) is 10.5 Å². The second-order valence-corrected chi connectivity index (χ2v) is 4.90. The van der Waals surface area contributed by atoms with E-state index in [2.05, 4.69) is 37.0 Å². The maximum Gasteiger partial charge on any atom is 0.138 e. The van der Waals surface area contributed by atoms with Gasteiger partial charge in [-0.3, -0.25) is 4.98 Å². The Morgan fingerprint density at radius 2 is 2.00 bits per heavy atom. The SMILES string of the molecule is CCCOc1cncc(-c2cccc(C(N)CC)c2)c1. The molecule has 106 valence electrons. The number of hydrogen-bond acceptors (Lipinski definition) is 3. The van der Waals surface area contributed by atoms with Crippen molar-refractivity contribution in [2.45, 2.75) is 32.7 Å². The third kappa shape index (κ3) is 3.58. The van der Waals surface area contributed by atoms with Crippen LogP contribution in [-0.2, 0) is 0 Å². The first kappa shape index (κ1) is 14.5. The standard InChI is InChI=1S/C17H22N2O/c1-3-8-20-16-10-15(11-19-12-16)13-6-5-7-14(9-13)17(18)4-2/h5-7,9-12,17H,3-4,8,18H2,1-2H3. The molecule has 0 saturated carbocycles. The van der Waals surface area contributed by atoms with Crippen LogP contribution in [0.15, 0.2) is 42.7 Å². The van der Waals surface area contributed by atoms with Crippen LogP contribution in [0, 0.1) is 0 Å². The maximum atomic E-state index is 6.10. The quantitative estimate of drug-likeness (QED) is 0.864. The number of hydrogen-bond donors (Lipinski definition) is 1. The van der Waals surface area contributed by atoms with Crippen molar-refractivity contribution in [1.82, 2.24) is 4.98 Å². The Labute approximate surface area is 120 Å². The molecule has 0 spiro atoms. The number of rotatable bonds is 6. The molecule has 0 radical (unpaired) electrons. The van der Waals surface area contributed by atoms with Crippen molar-refractivity contribution in [3.8, 4) is 16.9 Å². The second-order valence-electron chi connectivity index (χ2n) is 4.90. The summed E-state index contributed by atoms with van der Waals surface area (Å²) in [4.78, 5) is 4.25. The molecule has 0 aliphatic heterocycles. The molecule has 0 saturated heterocycles. The number of ether oxygens (including phenoxy) is 1. The third-order valence-corrected chi connectivity index (χ3v) is 3.27. The lowest BCUT2D eigenvalue weighted by atomic mass is 9.99. The molecule has 0 fully saturated rings. The van der Waals surface area contributed by atoms with Crippen LogP contribution in [-0.4, -0.2) is 11.6 Å². The van der Waals surface area contributed by atoms with Gasteiger partial charge < -0.3 is 10.5 Å². The van der Waals surface area contributed by atoms with Gasteiger partial charge in [-0.25, -0.2) is 0 Å². The Bertz CT molecular complexity index is 554. The van der Waals surface area contributed by atoms with E-state index in [0.29, 0.717) is 6.61 Å². The zero-order valence-electron chi connectivity index (χ0n) is 12.2. The van der Waals surface area contributed by atoms with Gasteiger partial charge in [0.05, 0.1) is 12.8 Å². The highest BCUT2D eigenvalue weighted by Crippen LogP contribution is 2.25. The topological polar surface area (TPSA) is 48.1 Å². The second kappa shape index (κ2) is 7.06. The smallest absolute Gasteiger partial charge is 0.138 e. The summed E-state index contributed by atoms with van der Waals surface area (Å²) in [7, 11) is 0. The molecule has 1 aromatic carbocycles. The van der Waals surface area contributed by atoms with E-state index >= 15 is 0 Å². The first-order chi connectivity index (χ1) is 9.74. The summed E-state index contributed by atoms with van der Waals surface area (Å²) in [5.41, 5.74) is 9.44. The lowest BCUT2D eigenvalue weighted by molar-refractivity contribution is 0.316. The van der Waals surface area contributed by atoms with E-state index in [1.54, 1.807) is 6.20 Å². The summed E-state index contributed by atoms with van der Waals surface area (Å²) in [6, 6.07) is 10.4. The Hall–Kier alpha value is -1.87. The largest absolute Gasteiger partial charge is 0.492 e. The third-order valence-electron chi connectivity index (χ3n) is 3.27. The number of pyridine rings is 1. The highest BCUT2D eigenvalue weighted by molar-refractivity contribution is 5.64. The number of nitrogens with zero attached hydrogens (tertiary/aromatic N) is 1. The van der Waals surface area contributed by atoms with Crippen LogP contribution >= 0.6 is 0 Å². The highest BCUT2D eigenvalue weighted by Gasteiger charge is 2.06. The predicted molar refractivity (Wildman–Crippen MR) is 82.7 cm³/mol. The minimum atomic E-state index is 0.0856. The van der Waals surface area contributed by atoms with Gasteiger partial charge in [-0.05, 0) is 36.1 Å². The first-order valence-corrected chi connectivity index (χ1v) is 7.18. The number of aromatic nitrogens is 1. The first-order valence-electron chi connectivity index (χ1n) is 7.18. The zero-order valence-corrected chi connectivity index (χ0v) is 12.2. The predicted octanol–water partition coefficient (Wildman–Crippen LogP) is 3.95. The average Bonchev–Trinajstić information content (AvgIpc) is 2.52. The van der Waals surface area contributed by atoms with E-state index in [-0.39, 0.29) is 6.04 Å². The van der Waals surface area contributed by atoms with Crippen LogP contribution in [0.2, 0.25) is 0 Å². The fourth-order valence-corrected chi connectivity index (χ4v) is 2.06. The van der Waals surface area contributed by atoms with E-state index in [9.17, 15) is 0 Å². The molecule has 0 aliphatic rings. The highest BCUT2D eigenvalue weighted by atomic mass is 16.5. The molecule has 0 amide bonds. The minimum absolute atomic E-state index is 0.0856. The average molecular weight is 270 g/mol. The fourth-order valence-electron chi connectivity index (χ4n) is 2.06. The van der Waals surface area contributed by atoms with Crippen LogP contribution in [0.1, 0.15) is 38.3 Å². The van der Waals surface area contributed by atoms with Gasteiger partial charge in [0, 0.05) is 17.8 Å². The van der Waals surface area contributed by atoms with Gasteiger partial charge in [0.1, 0.15) is 5.75 Å². The van der Waals surface area contributed by atoms with Gasteiger partial charge in [-0.15, -0.1) is 0 Å². The van der Waals surface area contributed by atoms with Gasteiger partial charge >= 0.3 is 0 Å². The molecular weight excluding hydrogens is 248 g/mol. The molecule has 1 aromatic heterocycles. The van der Waals surface area contributed by atoms with E-state index in [0.717, 1.165) is 35.3 Å². The van der Waals surface area contributed by atoms with Gasteiger partial charge in [0.15, 0.2) is 0 Å². The Morgan fingerprint density at radius 1 is 1.15 bits per heavy atom. The summed E-state index contributed by atoms with van der Waals surface area (Å²) in [6.07, 6.45) is 5.53. The molecule has 3 heteroatoms. The number of nitrogens with two attached hydrogens (primary N) is 1. The molecular formula is C17H22N2O. The zero-order chi connectivity index (χ0) is 14.4. The van der Waals surface area contributed by atoms with E-state index < -0.39 is 0 Å². The molecule has 0 bridgehead atoms. The molecule has 2 N–H and O–H groups in total. The molecule has 20 heavy (non-hydrogen) atoms. The lowest BCUT2D eigenvalue weighted by Gasteiger charge is -2.11. The van der Waals surface area contributed by atoms with Crippen LogP contribution in [0.3, 0.4) is 0 Å². The van der Waals surface area contributed by atoms with Crippen LogP contribution in [0.25, 0.3) is 11.1 Å². The normalized spacial score (nSPS) is 12.2. The van der Waals surface area contributed by atoms with Crippen molar-refractivity contribution in [3.05, 3.63) is 48.3 Å². The van der Waals surface area contributed by atoms with Gasteiger partial charge in [0.25, 0.3) is 0 Å². The summed E-state index contributed by atoms with van der Waals surface area (Å²) in [5.74, 6) is 0.814. The molecule has 3 nitrogen and oxygen atoms in total. The molecule has 1 atom stereocenters. The summed E-state index contributed by atoms with van der Waals surface area (Å²) in [5, 5.41) is 0. The van der Waals surface area contributed by atoms with Crippen LogP contribution in [0.4, 0.5) is 0 Å². The molecule has 0 aliphatic carbocycles. The van der Waals surface area contributed by atoms with Gasteiger partial charge in [0.2, 0.25) is 0 Å². The number of benzene rings is 1. The van der Waals surface area contributed by atoms with Crippen LogP contribution in [0.5, 0.6) is 5.75 Å². The van der Waals surface area contributed by atoms with E-state index in [1.807, 2.05) is 18.3 Å². The summed E-state index contributed by atoms with van der Waals surface area (Å²) < 4.78 is 5.63. The summed E-state index contributed by atoms with van der Waals surface area (Å²) in [6.45, 7) is 4.90. The molecule has 1 unspecified atom stereocenters. The van der Waals surface area contributed by atoms with Crippen molar-refractivity contribution in [1.29, 1.82) is 0 Å². The van der Waals surface area contributed by atoms with E-state index in [1.165, 1.54) is 0 Å². The Morgan fingerprint density at radius 3 is 2.75 bits per heavy atom. The van der Waals surface area contributed by atoms with Gasteiger partial charge in [-0.2, -0.15) is 0 Å². The van der Waals surface area contributed by atoms with Crippen molar-refractivity contribution in [2.24, 2.45) is 5.73 Å². The lowest BCUT2D eigenvalue weighted by Crippen LogP contribution is -2.08. The minimum Gasteiger partial charge on any atom is -0.492 e. The summed E-state index contributed by atoms with van der Waals surface area (Å²) >= 11 is 0. The molecule has 2 rings (SSSR count). The maximum absolute atomic E-state index is 6.10. The van der Waals surface area contributed by atoms with Crippen molar-refractivity contribution < 1.29 is 4.74 Å². The Kier molecular flexibility index (Phi) is 5.13. The van der Waals surface area contributed by atoms with Crippen molar-refractivity contribution >= 4 is 0 Å².